The number of halogens is 1. The minimum Gasteiger partial charge on any atom is -0.490 e. The summed E-state index contributed by atoms with van der Waals surface area (Å²) < 4.78 is 11.8. The standard InChI is InChI=1S/C31H25ClN2O5/c1-19(2)39-28-16-9-21-5-3-4-6-25(21)26(28)17-27-29(35)33-31(37)34(30(27)36)23-12-14-24(15-13-23)38-18-20-7-10-22(32)11-8-20/h3-17,19H,18H2,1-2H3,(H,33,35,37)/b27-17+. The lowest BCUT2D eigenvalue weighted by atomic mass is 9.99. The maximum Gasteiger partial charge on any atom is 0.335 e. The van der Waals surface area contributed by atoms with Crippen LogP contribution in [0.1, 0.15) is 25.0 Å². The van der Waals surface area contributed by atoms with Gasteiger partial charge in [-0.1, -0.05) is 54.1 Å². The number of nitrogens with zero attached hydrogens (tertiary/aromatic N) is 1. The monoisotopic (exact) mass is 540 g/mol. The molecule has 0 unspecified atom stereocenters. The van der Waals surface area contributed by atoms with Gasteiger partial charge < -0.3 is 9.47 Å². The minimum absolute atomic E-state index is 0.127. The van der Waals surface area contributed by atoms with E-state index in [0.717, 1.165) is 21.2 Å². The number of benzene rings is 4. The highest BCUT2D eigenvalue weighted by molar-refractivity contribution is 6.39. The number of ether oxygens (including phenoxy) is 2. The molecule has 4 aromatic carbocycles. The molecule has 0 aromatic heterocycles. The van der Waals surface area contributed by atoms with Gasteiger partial charge in [-0.25, -0.2) is 9.69 Å². The van der Waals surface area contributed by atoms with Crippen molar-refractivity contribution < 1.29 is 23.9 Å². The lowest BCUT2D eigenvalue weighted by molar-refractivity contribution is -0.122. The number of fused-ring (bicyclic) bond motifs is 1. The summed E-state index contributed by atoms with van der Waals surface area (Å²) in [7, 11) is 0. The average molecular weight is 541 g/mol. The second kappa shape index (κ2) is 11.0. The lowest BCUT2D eigenvalue weighted by Gasteiger charge is -2.26. The van der Waals surface area contributed by atoms with Crippen LogP contribution in [0.4, 0.5) is 10.5 Å². The number of hydrogen-bond acceptors (Lipinski definition) is 5. The van der Waals surface area contributed by atoms with Gasteiger partial charge in [-0.15, -0.1) is 0 Å². The van der Waals surface area contributed by atoms with Crippen LogP contribution in [0.25, 0.3) is 16.8 Å². The first-order valence-electron chi connectivity index (χ1n) is 12.4. The molecule has 1 aliphatic rings. The van der Waals surface area contributed by atoms with Crippen LogP contribution >= 0.6 is 11.6 Å². The van der Waals surface area contributed by atoms with Crippen molar-refractivity contribution in [3.63, 3.8) is 0 Å². The van der Waals surface area contributed by atoms with Crippen LogP contribution in [0.15, 0.2) is 90.5 Å². The third kappa shape index (κ3) is 5.63. The maximum absolute atomic E-state index is 13.5. The van der Waals surface area contributed by atoms with E-state index >= 15 is 0 Å². The van der Waals surface area contributed by atoms with Crippen LogP contribution in [0.5, 0.6) is 11.5 Å². The van der Waals surface area contributed by atoms with Gasteiger partial charge in [0.15, 0.2) is 0 Å². The second-order valence-corrected chi connectivity index (χ2v) is 9.67. The van der Waals surface area contributed by atoms with Crippen molar-refractivity contribution in [3.05, 3.63) is 107 Å². The Morgan fingerprint density at radius 3 is 2.33 bits per heavy atom. The van der Waals surface area contributed by atoms with Gasteiger partial charge in [-0.2, -0.15) is 0 Å². The Labute approximate surface area is 230 Å². The predicted molar refractivity (Wildman–Crippen MR) is 151 cm³/mol. The molecule has 1 saturated heterocycles. The summed E-state index contributed by atoms with van der Waals surface area (Å²) >= 11 is 5.92. The van der Waals surface area contributed by atoms with Crippen molar-refractivity contribution in [1.82, 2.24) is 5.32 Å². The highest BCUT2D eigenvalue weighted by Gasteiger charge is 2.37. The summed E-state index contributed by atoms with van der Waals surface area (Å²) in [5.41, 5.74) is 1.64. The van der Waals surface area contributed by atoms with Gasteiger partial charge in [-0.05, 0) is 78.7 Å². The maximum atomic E-state index is 13.5. The quantitative estimate of drug-likeness (QED) is 0.213. The highest BCUT2D eigenvalue weighted by atomic mass is 35.5. The summed E-state index contributed by atoms with van der Waals surface area (Å²) in [6.07, 6.45) is 1.36. The minimum atomic E-state index is -0.825. The normalized spacial score (nSPS) is 14.7. The number of anilines is 1. The van der Waals surface area contributed by atoms with Crippen molar-refractivity contribution in [1.29, 1.82) is 0 Å². The van der Waals surface area contributed by atoms with E-state index in [4.69, 9.17) is 21.1 Å². The molecular weight excluding hydrogens is 516 g/mol. The molecule has 1 fully saturated rings. The fourth-order valence-corrected chi connectivity index (χ4v) is 4.38. The molecule has 0 radical (unpaired) electrons. The van der Waals surface area contributed by atoms with Gasteiger partial charge in [0.1, 0.15) is 23.7 Å². The third-order valence-electron chi connectivity index (χ3n) is 6.10. The summed E-state index contributed by atoms with van der Waals surface area (Å²) in [5, 5.41) is 4.66. The van der Waals surface area contributed by atoms with Gasteiger partial charge >= 0.3 is 6.03 Å². The number of hydrogen-bond donors (Lipinski definition) is 1. The zero-order chi connectivity index (χ0) is 27.5. The predicted octanol–water partition coefficient (Wildman–Crippen LogP) is 6.53. The van der Waals surface area contributed by atoms with E-state index in [-0.39, 0.29) is 11.7 Å². The van der Waals surface area contributed by atoms with Gasteiger partial charge in [0, 0.05) is 10.6 Å². The molecule has 4 aromatic rings. The molecule has 0 saturated carbocycles. The van der Waals surface area contributed by atoms with E-state index in [2.05, 4.69) is 5.32 Å². The first kappa shape index (κ1) is 26.0. The molecule has 4 amide bonds. The van der Waals surface area contributed by atoms with Crippen LogP contribution in [0.2, 0.25) is 5.02 Å². The Bertz CT molecular complexity index is 1590. The third-order valence-corrected chi connectivity index (χ3v) is 6.35. The van der Waals surface area contributed by atoms with Crippen LogP contribution in [0, 0.1) is 0 Å². The molecule has 7 nitrogen and oxygen atoms in total. The molecule has 5 rings (SSSR count). The Morgan fingerprint density at radius 1 is 0.897 bits per heavy atom. The van der Waals surface area contributed by atoms with Gasteiger partial charge in [0.05, 0.1) is 11.8 Å². The van der Waals surface area contributed by atoms with Crippen molar-refractivity contribution in [2.45, 2.75) is 26.6 Å². The van der Waals surface area contributed by atoms with E-state index in [9.17, 15) is 14.4 Å². The SMILES string of the molecule is CC(C)Oc1ccc2ccccc2c1/C=C1\C(=O)NC(=O)N(c2ccc(OCc3ccc(Cl)cc3)cc2)C1=O. The molecular formula is C31H25ClN2O5. The van der Waals surface area contributed by atoms with E-state index in [1.54, 1.807) is 36.4 Å². The van der Waals surface area contributed by atoms with Crippen LogP contribution in [-0.4, -0.2) is 23.9 Å². The Kier molecular flexibility index (Phi) is 7.34. The number of rotatable bonds is 7. The van der Waals surface area contributed by atoms with Crippen molar-refractivity contribution in [2.24, 2.45) is 0 Å². The zero-order valence-electron chi connectivity index (χ0n) is 21.3. The van der Waals surface area contributed by atoms with E-state index in [0.29, 0.717) is 34.4 Å². The molecule has 196 valence electrons. The first-order valence-corrected chi connectivity index (χ1v) is 12.7. The number of urea groups is 1. The Hall–Kier alpha value is -4.62. The molecule has 1 aliphatic heterocycles. The van der Waals surface area contributed by atoms with Gasteiger partial charge in [0.25, 0.3) is 11.8 Å². The van der Waals surface area contributed by atoms with Crippen molar-refractivity contribution in [3.8, 4) is 11.5 Å². The number of barbiturate groups is 1. The smallest absolute Gasteiger partial charge is 0.335 e. The fourth-order valence-electron chi connectivity index (χ4n) is 4.26. The van der Waals surface area contributed by atoms with Crippen LogP contribution in [-0.2, 0) is 16.2 Å². The molecule has 0 bridgehead atoms. The summed E-state index contributed by atoms with van der Waals surface area (Å²) in [5.74, 6) is -0.423. The Balaban J connectivity index is 1.44. The van der Waals surface area contributed by atoms with Crippen molar-refractivity contribution >= 4 is 52.0 Å². The summed E-state index contributed by atoms with van der Waals surface area (Å²) in [6.45, 7) is 4.12. The topological polar surface area (TPSA) is 84.9 Å². The average Bonchev–Trinajstić information content (AvgIpc) is 2.92. The highest BCUT2D eigenvalue weighted by Crippen LogP contribution is 2.32. The molecule has 1 heterocycles. The van der Waals surface area contributed by atoms with E-state index in [1.807, 2.05) is 62.4 Å². The lowest BCUT2D eigenvalue weighted by Crippen LogP contribution is -2.54. The number of nitrogens with one attached hydrogen (secondary N) is 1. The summed E-state index contributed by atoms with van der Waals surface area (Å²) in [4.78, 5) is 40.1. The molecule has 0 spiro atoms. The van der Waals surface area contributed by atoms with Gasteiger partial charge in [-0.3, -0.25) is 14.9 Å². The molecule has 0 atom stereocenters. The first-order chi connectivity index (χ1) is 18.8. The largest absolute Gasteiger partial charge is 0.490 e. The molecule has 39 heavy (non-hydrogen) atoms. The molecule has 0 aliphatic carbocycles. The van der Waals surface area contributed by atoms with Gasteiger partial charge in [0.2, 0.25) is 0 Å². The molecule has 1 N–H and O–H groups in total. The molecule has 8 heteroatoms. The number of carbonyl (C=O) groups excluding carboxylic acids is 3. The number of carbonyl (C=O) groups is 3. The fraction of sp³-hybridized carbons (Fsp3) is 0.129. The number of amides is 4. The number of imide groups is 2. The second-order valence-electron chi connectivity index (χ2n) is 9.23. The van der Waals surface area contributed by atoms with E-state index < -0.39 is 17.8 Å². The van der Waals surface area contributed by atoms with E-state index in [1.165, 1.54) is 6.08 Å². The summed E-state index contributed by atoms with van der Waals surface area (Å²) in [6, 6.07) is 24.3. The zero-order valence-corrected chi connectivity index (χ0v) is 22.1. The van der Waals surface area contributed by atoms with Crippen LogP contribution < -0.4 is 19.7 Å². The van der Waals surface area contributed by atoms with Crippen LogP contribution in [0.3, 0.4) is 0 Å². The Morgan fingerprint density at radius 2 is 1.62 bits per heavy atom. The van der Waals surface area contributed by atoms with Crippen molar-refractivity contribution in [2.75, 3.05) is 4.90 Å².